The number of rotatable bonds is 8. The number of aliphatic imine (C=N–C) groups is 1. The monoisotopic (exact) mass is 364 g/mol. The number of benzene rings is 2. The molecule has 0 aliphatic carbocycles. The smallest absolute Gasteiger partial charge is 0.191 e. The number of ether oxygens (including phenoxy) is 1. The summed E-state index contributed by atoms with van der Waals surface area (Å²) in [5.41, 5.74) is 3.69. The van der Waals surface area contributed by atoms with Crippen molar-refractivity contribution in [1.29, 1.82) is 0 Å². The fourth-order valence-corrected chi connectivity index (χ4v) is 3.17. The number of aromatic nitrogens is 1. The Morgan fingerprint density at radius 3 is 2.70 bits per heavy atom. The predicted octanol–water partition coefficient (Wildman–Crippen LogP) is 3.86. The van der Waals surface area contributed by atoms with E-state index in [2.05, 4.69) is 57.1 Å². The highest BCUT2D eigenvalue weighted by atomic mass is 16.5. The van der Waals surface area contributed by atoms with Crippen LogP contribution in [0.5, 0.6) is 5.75 Å². The average molecular weight is 364 g/mol. The summed E-state index contributed by atoms with van der Waals surface area (Å²) >= 11 is 0. The summed E-state index contributed by atoms with van der Waals surface area (Å²) in [4.78, 5) is 7.65. The number of guanidine groups is 1. The van der Waals surface area contributed by atoms with E-state index in [-0.39, 0.29) is 0 Å². The van der Waals surface area contributed by atoms with Gasteiger partial charge in [-0.2, -0.15) is 0 Å². The van der Waals surface area contributed by atoms with Crippen molar-refractivity contribution in [3.8, 4) is 5.75 Å². The maximum atomic E-state index is 5.67. The fraction of sp³-hybridized carbons (Fsp3) is 0.318. The van der Waals surface area contributed by atoms with Crippen molar-refractivity contribution in [2.45, 2.75) is 26.3 Å². The summed E-state index contributed by atoms with van der Waals surface area (Å²) < 4.78 is 5.67. The van der Waals surface area contributed by atoms with Gasteiger partial charge in [-0.25, -0.2) is 0 Å². The molecule has 3 rings (SSSR count). The second-order valence-electron chi connectivity index (χ2n) is 6.36. The van der Waals surface area contributed by atoms with E-state index in [1.165, 1.54) is 16.5 Å². The van der Waals surface area contributed by atoms with Gasteiger partial charge in [0.05, 0.1) is 6.61 Å². The maximum absolute atomic E-state index is 5.67. The first-order chi connectivity index (χ1) is 13.3. The Morgan fingerprint density at radius 1 is 1.04 bits per heavy atom. The normalized spacial score (nSPS) is 11.6. The van der Waals surface area contributed by atoms with Gasteiger partial charge >= 0.3 is 0 Å². The van der Waals surface area contributed by atoms with E-state index in [1.54, 1.807) is 7.05 Å². The third-order valence-corrected chi connectivity index (χ3v) is 4.53. The summed E-state index contributed by atoms with van der Waals surface area (Å²) in [7, 11) is 1.80. The van der Waals surface area contributed by atoms with Crippen LogP contribution < -0.4 is 15.4 Å². The molecule has 0 spiro atoms. The number of hydrogen-bond donors (Lipinski definition) is 3. The first-order valence-corrected chi connectivity index (χ1v) is 9.52. The van der Waals surface area contributed by atoms with Crippen LogP contribution in [0.2, 0.25) is 0 Å². The van der Waals surface area contributed by atoms with E-state index < -0.39 is 0 Å². The zero-order chi connectivity index (χ0) is 18.9. The summed E-state index contributed by atoms with van der Waals surface area (Å²) in [6.07, 6.45) is 4.18. The minimum atomic E-state index is 0.665. The first kappa shape index (κ1) is 18.8. The topological polar surface area (TPSA) is 61.4 Å². The van der Waals surface area contributed by atoms with Crippen molar-refractivity contribution < 1.29 is 4.74 Å². The molecule has 0 aliphatic rings. The van der Waals surface area contributed by atoms with Gasteiger partial charge in [-0.1, -0.05) is 36.4 Å². The van der Waals surface area contributed by atoms with Crippen LogP contribution in [-0.2, 0) is 13.0 Å². The Labute approximate surface area is 160 Å². The minimum absolute atomic E-state index is 0.665. The molecule has 27 heavy (non-hydrogen) atoms. The van der Waals surface area contributed by atoms with Crippen molar-refractivity contribution in [3.05, 3.63) is 65.9 Å². The Kier molecular flexibility index (Phi) is 6.74. The number of aromatic amines is 1. The average Bonchev–Trinajstić information content (AvgIpc) is 3.12. The fourth-order valence-electron chi connectivity index (χ4n) is 3.17. The quantitative estimate of drug-likeness (QED) is 0.323. The van der Waals surface area contributed by atoms with Gasteiger partial charge in [-0.3, -0.25) is 4.99 Å². The molecule has 0 saturated carbocycles. The maximum Gasteiger partial charge on any atom is 0.191 e. The number of aryl methyl sites for hydroxylation is 1. The largest absolute Gasteiger partial charge is 0.494 e. The van der Waals surface area contributed by atoms with Crippen LogP contribution in [0.4, 0.5) is 0 Å². The van der Waals surface area contributed by atoms with Crippen molar-refractivity contribution in [3.63, 3.8) is 0 Å². The van der Waals surface area contributed by atoms with Crippen LogP contribution in [-0.4, -0.2) is 31.1 Å². The van der Waals surface area contributed by atoms with Crippen LogP contribution in [0.1, 0.15) is 24.5 Å². The summed E-state index contributed by atoms with van der Waals surface area (Å²) in [5.74, 6) is 1.72. The Hall–Kier alpha value is -2.95. The number of hydrogen-bond acceptors (Lipinski definition) is 2. The summed E-state index contributed by atoms with van der Waals surface area (Å²) in [6.45, 7) is 4.21. The second-order valence-corrected chi connectivity index (χ2v) is 6.36. The highest BCUT2D eigenvalue weighted by Gasteiger charge is 2.05. The van der Waals surface area contributed by atoms with E-state index >= 15 is 0 Å². The molecule has 1 aromatic heterocycles. The number of nitrogens with one attached hydrogen (secondary N) is 3. The first-order valence-electron chi connectivity index (χ1n) is 9.52. The second kappa shape index (κ2) is 9.67. The zero-order valence-corrected chi connectivity index (χ0v) is 16.1. The summed E-state index contributed by atoms with van der Waals surface area (Å²) in [6, 6.07) is 16.5. The molecule has 1 heterocycles. The van der Waals surface area contributed by atoms with Gasteiger partial charge in [0.1, 0.15) is 5.75 Å². The van der Waals surface area contributed by atoms with E-state index in [1.807, 2.05) is 25.1 Å². The molecule has 0 unspecified atom stereocenters. The van der Waals surface area contributed by atoms with Gasteiger partial charge in [0.15, 0.2) is 5.96 Å². The minimum Gasteiger partial charge on any atom is -0.494 e. The SMILES string of the molecule is CCOc1ccccc1CNC(=NC)NCCCc1c[nH]c2ccccc12. The third-order valence-electron chi connectivity index (χ3n) is 4.53. The number of para-hydroxylation sites is 2. The lowest BCUT2D eigenvalue weighted by Gasteiger charge is -2.14. The molecule has 0 amide bonds. The molecular weight excluding hydrogens is 336 g/mol. The molecule has 3 aromatic rings. The lowest BCUT2D eigenvalue weighted by atomic mass is 10.1. The number of fused-ring (bicyclic) bond motifs is 1. The van der Waals surface area contributed by atoms with E-state index in [9.17, 15) is 0 Å². The highest BCUT2D eigenvalue weighted by molar-refractivity contribution is 5.83. The van der Waals surface area contributed by atoms with Crippen LogP contribution in [0.15, 0.2) is 59.7 Å². The third kappa shape index (κ3) is 5.03. The summed E-state index contributed by atoms with van der Waals surface area (Å²) in [5, 5.41) is 8.06. The molecule has 5 heteroatoms. The van der Waals surface area contributed by atoms with Gasteiger partial charge < -0.3 is 20.4 Å². The molecule has 0 bridgehead atoms. The van der Waals surface area contributed by atoms with Gasteiger partial charge in [0, 0.05) is 42.8 Å². The predicted molar refractivity (Wildman–Crippen MR) is 112 cm³/mol. The van der Waals surface area contributed by atoms with Crippen LogP contribution in [0.3, 0.4) is 0 Å². The molecule has 3 N–H and O–H groups in total. The molecule has 0 fully saturated rings. The number of H-pyrrole nitrogens is 1. The highest BCUT2D eigenvalue weighted by Crippen LogP contribution is 2.19. The van der Waals surface area contributed by atoms with Crippen LogP contribution in [0, 0.1) is 0 Å². The van der Waals surface area contributed by atoms with Gasteiger partial charge in [-0.15, -0.1) is 0 Å². The number of nitrogens with zero attached hydrogens (tertiary/aromatic N) is 1. The van der Waals surface area contributed by atoms with Crippen molar-refractivity contribution in [1.82, 2.24) is 15.6 Å². The van der Waals surface area contributed by atoms with E-state index in [0.29, 0.717) is 13.2 Å². The van der Waals surface area contributed by atoms with E-state index in [4.69, 9.17) is 4.74 Å². The van der Waals surface area contributed by atoms with Crippen molar-refractivity contribution >= 4 is 16.9 Å². The molecule has 0 atom stereocenters. The van der Waals surface area contributed by atoms with Gasteiger partial charge in [0.25, 0.3) is 0 Å². The standard InChI is InChI=1S/C22H28N4O/c1-3-27-21-13-7-4-9-18(21)16-26-22(23-2)24-14-8-10-17-15-25-20-12-6-5-11-19(17)20/h4-7,9,11-13,15,25H,3,8,10,14,16H2,1-2H3,(H2,23,24,26). The van der Waals surface area contributed by atoms with Crippen molar-refractivity contribution in [2.75, 3.05) is 20.2 Å². The zero-order valence-electron chi connectivity index (χ0n) is 16.1. The Bertz CT molecular complexity index is 885. The molecular formula is C22H28N4O. The Morgan fingerprint density at radius 2 is 1.85 bits per heavy atom. The molecule has 0 saturated heterocycles. The van der Waals surface area contributed by atoms with E-state index in [0.717, 1.165) is 36.7 Å². The molecule has 0 aliphatic heterocycles. The Balaban J connectivity index is 1.46. The van der Waals surface area contributed by atoms with Crippen LogP contribution in [0.25, 0.3) is 10.9 Å². The molecule has 5 nitrogen and oxygen atoms in total. The molecule has 0 radical (unpaired) electrons. The lowest BCUT2D eigenvalue weighted by Crippen LogP contribution is -2.37. The van der Waals surface area contributed by atoms with Crippen LogP contribution >= 0.6 is 0 Å². The van der Waals surface area contributed by atoms with Crippen molar-refractivity contribution in [2.24, 2.45) is 4.99 Å². The van der Waals surface area contributed by atoms with Gasteiger partial charge in [0.2, 0.25) is 0 Å². The molecule has 142 valence electrons. The lowest BCUT2D eigenvalue weighted by molar-refractivity contribution is 0.336. The molecule has 2 aromatic carbocycles. The van der Waals surface area contributed by atoms with Gasteiger partial charge in [-0.05, 0) is 37.5 Å².